The standard InChI is InChI=1S/C20H32N4O3/c1-15(2)24(5)20(26)21-16-8-9-18-17(14-16)19(25)23(4)11-7-6-10-22(3)12-13-27-18/h8-9,14-15H,6-7,10-13H2,1-5H3,(H,21,26). The van der Waals surface area contributed by atoms with Crippen LogP contribution in [-0.4, -0.2) is 80.1 Å². The van der Waals surface area contributed by atoms with Crippen molar-refractivity contribution in [1.29, 1.82) is 0 Å². The molecule has 0 radical (unpaired) electrons. The molecule has 0 fully saturated rings. The van der Waals surface area contributed by atoms with E-state index in [1.54, 1.807) is 42.1 Å². The molecule has 0 saturated heterocycles. The summed E-state index contributed by atoms with van der Waals surface area (Å²) in [6, 6.07) is 5.12. The first kappa shape index (κ1) is 21.0. The normalized spacial score (nSPS) is 16.8. The summed E-state index contributed by atoms with van der Waals surface area (Å²) in [4.78, 5) is 30.8. The van der Waals surface area contributed by atoms with Gasteiger partial charge >= 0.3 is 6.03 Å². The highest BCUT2D eigenvalue weighted by Crippen LogP contribution is 2.25. The lowest BCUT2D eigenvalue weighted by atomic mass is 10.1. The largest absolute Gasteiger partial charge is 0.491 e. The summed E-state index contributed by atoms with van der Waals surface area (Å²) in [6.07, 6.45) is 2.00. The van der Waals surface area contributed by atoms with E-state index >= 15 is 0 Å². The molecule has 7 nitrogen and oxygen atoms in total. The Morgan fingerprint density at radius 1 is 1.19 bits per heavy atom. The van der Waals surface area contributed by atoms with Crippen molar-refractivity contribution in [3.05, 3.63) is 23.8 Å². The zero-order valence-corrected chi connectivity index (χ0v) is 17.1. The topological polar surface area (TPSA) is 65.1 Å². The Labute approximate surface area is 162 Å². The Morgan fingerprint density at radius 2 is 1.89 bits per heavy atom. The number of carbonyl (C=O) groups is 2. The summed E-state index contributed by atoms with van der Waals surface area (Å²) in [6.45, 7) is 6.90. The lowest BCUT2D eigenvalue weighted by molar-refractivity contribution is 0.0784. The van der Waals surface area contributed by atoms with Gasteiger partial charge in [-0.3, -0.25) is 4.79 Å². The van der Waals surface area contributed by atoms with Crippen LogP contribution < -0.4 is 10.1 Å². The highest BCUT2D eigenvalue weighted by Gasteiger charge is 2.20. The van der Waals surface area contributed by atoms with Crippen molar-refractivity contribution in [2.24, 2.45) is 0 Å². The van der Waals surface area contributed by atoms with Gasteiger partial charge in [0.25, 0.3) is 5.91 Å². The molecule has 1 heterocycles. The monoisotopic (exact) mass is 376 g/mol. The second kappa shape index (κ2) is 9.60. The molecule has 150 valence electrons. The molecule has 0 atom stereocenters. The first-order valence-corrected chi connectivity index (χ1v) is 9.54. The molecule has 2 rings (SSSR count). The average molecular weight is 377 g/mol. The zero-order chi connectivity index (χ0) is 20.0. The van der Waals surface area contributed by atoms with Gasteiger partial charge in [-0.1, -0.05) is 0 Å². The molecule has 1 aliphatic rings. The second-order valence-electron chi connectivity index (χ2n) is 7.43. The minimum Gasteiger partial charge on any atom is -0.491 e. The number of urea groups is 1. The second-order valence-corrected chi connectivity index (χ2v) is 7.43. The fourth-order valence-corrected chi connectivity index (χ4v) is 2.81. The van der Waals surface area contributed by atoms with Gasteiger partial charge in [0.15, 0.2) is 0 Å². The number of amides is 3. The molecule has 0 bridgehead atoms. The molecule has 0 saturated carbocycles. The smallest absolute Gasteiger partial charge is 0.321 e. The number of ether oxygens (including phenoxy) is 1. The summed E-state index contributed by atoms with van der Waals surface area (Å²) in [5.41, 5.74) is 1.06. The minimum absolute atomic E-state index is 0.0855. The molecule has 0 aliphatic carbocycles. The van der Waals surface area contributed by atoms with Crippen molar-refractivity contribution >= 4 is 17.6 Å². The van der Waals surface area contributed by atoms with E-state index in [1.165, 1.54) is 0 Å². The molecule has 27 heavy (non-hydrogen) atoms. The Hall–Kier alpha value is -2.28. The summed E-state index contributed by atoms with van der Waals surface area (Å²) >= 11 is 0. The van der Waals surface area contributed by atoms with Crippen molar-refractivity contribution < 1.29 is 14.3 Å². The van der Waals surface area contributed by atoms with Crippen molar-refractivity contribution in [3.8, 4) is 5.75 Å². The fraction of sp³-hybridized carbons (Fsp3) is 0.600. The van der Waals surface area contributed by atoms with E-state index in [9.17, 15) is 9.59 Å². The predicted molar refractivity (Wildman–Crippen MR) is 108 cm³/mol. The van der Waals surface area contributed by atoms with Crippen LogP contribution in [0.3, 0.4) is 0 Å². The van der Waals surface area contributed by atoms with Crippen molar-refractivity contribution in [3.63, 3.8) is 0 Å². The third-order valence-corrected chi connectivity index (χ3v) is 4.92. The number of rotatable bonds is 2. The van der Waals surface area contributed by atoms with E-state index < -0.39 is 0 Å². The van der Waals surface area contributed by atoms with Crippen LogP contribution >= 0.6 is 0 Å². The maximum absolute atomic E-state index is 12.9. The molecule has 1 aromatic rings. The van der Waals surface area contributed by atoms with Gasteiger partial charge in [-0.15, -0.1) is 0 Å². The average Bonchev–Trinajstić information content (AvgIpc) is 2.63. The molecule has 1 aliphatic heterocycles. The number of nitrogens with one attached hydrogen (secondary N) is 1. The summed E-state index contributed by atoms with van der Waals surface area (Å²) in [5.74, 6) is 0.461. The van der Waals surface area contributed by atoms with Crippen molar-refractivity contribution in [2.45, 2.75) is 32.7 Å². The number of nitrogens with zero attached hydrogens (tertiary/aromatic N) is 3. The van der Waals surface area contributed by atoms with Gasteiger partial charge in [0, 0.05) is 38.9 Å². The van der Waals surface area contributed by atoms with Gasteiger partial charge in [0.2, 0.25) is 0 Å². The number of carbonyl (C=O) groups excluding carboxylic acids is 2. The summed E-state index contributed by atoms with van der Waals surface area (Å²) in [5, 5.41) is 2.85. The Bertz CT molecular complexity index is 663. The van der Waals surface area contributed by atoms with Crippen LogP contribution in [0.4, 0.5) is 10.5 Å². The van der Waals surface area contributed by atoms with E-state index in [4.69, 9.17) is 4.74 Å². The van der Waals surface area contributed by atoms with Crippen molar-refractivity contribution in [2.75, 3.05) is 52.7 Å². The number of hydrogen-bond donors (Lipinski definition) is 1. The van der Waals surface area contributed by atoms with Crippen LogP contribution in [0.5, 0.6) is 5.75 Å². The van der Waals surface area contributed by atoms with E-state index in [0.29, 0.717) is 30.2 Å². The highest BCUT2D eigenvalue weighted by atomic mass is 16.5. The van der Waals surface area contributed by atoms with Gasteiger partial charge in [-0.05, 0) is 58.5 Å². The Morgan fingerprint density at radius 3 is 2.59 bits per heavy atom. The predicted octanol–water partition coefficient (Wildman–Crippen LogP) is 2.74. The lowest BCUT2D eigenvalue weighted by Gasteiger charge is -2.24. The molecular weight excluding hydrogens is 344 g/mol. The summed E-state index contributed by atoms with van der Waals surface area (Å²) < 4.78 is 5.88. The van der Waals surface area contributed by atoms with Crippen LogP contribution in [-0.2, 0) is 0 Å². The van der Waals surface area contributed by atoms with Crippen LogP contribution in [0, 0.1) is 0 Å². The lowest BCUT2D eigenvalue weighted by Crippen LogP contribution is -2.36. The Kier molecular flexibility index (Phi) is 7.47. The van der Waals surface area contributed by atoms with Gasteiger partial charge in [-0.25, -0.2) is 4.79 Å². The van der Waals surface area contributed by atoms with E-state index in [-0.39, 0.29) is 18.0 Å². The van der Waals surface area contributed by atoms with Crippen LogP contribution in [0.15, 0.2) is 18.2 Å². The van der Waals surface area contributed by atoms with Crippen LogP contribution in [0.2, 0.25) is 0 Å². The van der Waals surface area contributed by atoms with Gasteiger partial charge in [0.05, 0.1) is 5.56 Å². The maximum atomic E-state index is 12.9. The molecule has 7 heteroatoms. The van der Waals surface area contributed by atoms with Gasteiger partial charge in [-0.2, -0.15) is 0 Å². The SMILES string of the molecule is CC(C)N(C)C(=O)Nc1ccc2c(c1)C(=O)N(C)CCCCN(C)CCO2. The third-order valence-electron chi connectivity index (χ3n) is 4.92. The summed E-state index contributed by atoms with van der Waals surface area (Å²) in [7, 11) is 5.63. The molecule has 0 unspecified atom stereocenters. The zero-order valence-electron chi connectivity index (χ0n) is 17.1. The first-order chi connectivity index (χ1) is 12.8. The van der Waals surface area contributed by atoms with E-state index in [1.807, 2.05) is 13.8 Å². The van der Waals surface area contributed by atoms with Gasteiger partial charge in [0.1, 0.15) is 12.4 Å². The number of benzene rings is 1. The molecule has 0 aromatic heterocycles. The Balaban J connectivity index is 2.25. The first-order valence-electron chi connectivity index (χ1n) is 9.54. The third kappa shape index (κ3) is 5.85. The minimum atomic E-state index is -0.207. The molecular formula is C20H32N4O3. The quantitative estimate of drug-likeness (QED) is 0.862. The van der Waals surface area contributed by atoms with Gasteiger partial charge < -0.3 is 24.8 Å². The van der Waals surface area contributed by atoms with E-state index in [2.05, 4.69) is 17.3 Å². The molecule has 1 N–H and O–H groups in total. The number of hydrogen-bond acceptors (Lipinski definition) is 4. The van der Waals surface area contributed by atoms with E-state index in [0.717, 1.165) is 25.9 Å². The van der Waals surface area contributed by atoms with Crippen LogP contribution in [0.25, 0.3) is 0 Å². The molecule has 0 spiro atoms. The number of fused-ring (bicyclic) bond motifs is 1. The molecule has 1 aromatic carbocycles. The van der Waals surface area contributed by atoms with Crippen LogP contribution in [0.1, 0.15) is 37.0 Å². The fourth-order valence-electron chi connectivity index (χ4n) is 2.81. The highest BCUT2D eigenvalue weighted by molar-refractivity contribution is 5.99. The van der Waals surface area contributed by atoms with Crippen molar-refractivity contribution in [1.82, 2.24) is 14.7 Å². The number of likely N-dealkylation sites (N-methyl/N-ethyl adjacent to an activating group) is 1. The molecule has 3 amide bonds. The maximum Gasteiger partial charge on any atom is 0.321 e. The number of anilines is 1.